The Balaban J connectivity index is 1.18. The predicted molar refractivity (Wildman–Crippen MR) is 158 cm³/mol. The van der Waals surface area contributed by atoms with Gasteiger partial charge in [0.1, 0.15) is 22.7 Å². The van der Waals surface area contributed by atoms with E-state index >= 15 is 0 Å². The van der Waals surface area contributed by atoms with Gasteiger partial charge in [-0.25, -0.2) is 9.97 Å². The first kappa shape index (κ1) is 25.9. The van der Waals surface area contributed by atoms with Gasteiger partial charge in [0, 0.05) is 23.2 Å². The summed E-state index contributed by atoms with van der Waals surface area (Å²) in [7, 11) is 0. The van der Waals surface area contributed by atoms with Crippen LogP contribution in [0.4, 0.5) is 0 Å². The van der Waals surface area contributed by atoms with Crippen LogP contribution in [0.3, 0.4) is 0 Å². The van der Waals surface area contributed by atoms with Crippen LogP contribution in [-0.4, -0.2) is 40.8 Å². The number of rotatable bonds is 10. The molecule has 0 amide bonds. The molecule has 4 atom stereocenters. The largest absolute Gasteiger partial charge is 0.341 e. The highest BCUT2D eigenvalue weighted by Crippen LogP contribution is 2.38. The fourth-order valence-corrected chi connectivity index (χ4v) is 5.65. The topological polar surface area (TPSA) is 107 Å². The average Bonchev–Trinajstić information content (AvgIpc) is 3.52. The van der Waals surface area contributed by atoms with Crippen molar-refractivity contribution in [2.24, 2.45) is 17.8 Å². The Morgan fingerprint density at radius 3 is 2.05 bits per heavy atom. The van der Waals surface area contributed by atoms with Gasteiger partial charge < -0.3 is 20.6 Å². The van der Waals surface area contributed by atoms with Crippen molar-refractivity contribution in [2.45, 2.75) is 59.8 Å². The van der Waals surface area contributed by atoms with Crippen molar-refractivity contribution in [3.05, 3.63) is 60.4 Å². The minimum atomic E-state index is 0.422. The van der Waals surface area contributed by atoms with Gasteiger partial charge in [-0.15, -0.1) is 0 Å². The van der Waals surface area contributed by atoms with E-state index in [4.69, 9.17) is 0 Å². The van der Waals surface area contributed by atoms with Crippen molar-refractivity contribution in [3.63, 3.8) is 0 Å². The summed E-state index contributed by atoms with van der Waals surface area (Å²) in [5, 5.41) is 7.13. The third-order valence-corrected chi connectivity index (χ3v) is 8.92. The second-order valence-electron chi connectivity index (χ2n) is 11.2. The second kappa shape index (κ2) is 10.6. The molecule has 0 saturated heterocycles. The van der Waals surface area contributed by atoms with E-state index in [-0.39, 0.29) is 0 Å². The monoisotopic (exact) mass is 540 g/mol. The molecule has 2 unspecified atom stereocenters. The van der Waals surface area contributed by atoms with Crippen LogP contribution < -0.4 is 10.6 Å². The lowest BCUT2D eigenvalue weighted by Gasteiger charge is -2.16. The van der Waals surface area contributed by atoms with Crippen LogP contribution >= 0.6 is 11.7 Å². The number of hydrogen-bond donors (Lipinski definition) is 4. The lowest BCUT2D eigenvalue weighted by molar-refractivity contribution is 0.422. The lowest BCUT2D eigenvalue weighted by atomic mass is 9.99. The maximum Gasteiger partial charge on any atom is 0.120 e. The normalized spacial score (nSPS) is 19.7. The Morgan fingerprint density at radius 1 is 0.769 bits per heavy atom. The molecule has 1 aliphatic carbocycles. The van der Waals surface area contributed by atoms with E-state index in [0.29, 0.717) is 24.5 Å². The average molecular weight is 541 g/mol. The standard InChI is InChI=1S/C30H36N8S/c1-16(2)19(5)31-14-26-33-13-25(36-26)23-11-10-22(29-30(23)38-39-37-29)20-6-8-21(9-7-20)24-12-32-27(35-24)15-34-28-17(3)18(28)4/h6-13,16-19,28,31,34H,14-15H2,1-5H3,(H,32,35)(H,33,36)/t17-,18?,19-,28?/m1/s1. The number of benzene rings is 2. The van der Waals surface area contributed by atoms with E-state index in [1.54, 1.807) is 0 Å². The highest BCUT2D eigenvalue weighted by molar-refractivity contribution is 7.00. The van der Waals surface area contributed by atoms with E-state index in [9.17, 15) is 0 Å². The molecule has 4 N–H and O–H groups in total. The third kappa shape index (κ3) is 5.26. The van der Waals surface area contributed by atoms with Crippen molar-refractivity contribution in [2.75, 3.05) is 0 Å². The van der Waals surface area contributed by atoms with Crippen LogP contribution in [0, 0.1) is 17.8 Å². The maximum absolute atomic E-state index is 4.66. The highest BCUT2D eigenvalue weighted by atomic mass is 32.1. The fourth-order valence-electron chi connectivity index (χ4n) is 5.08. The van der Waals surface area contributed by atoms with Crippen LogP contribution in [0.2, 0.25) is 0 Å². The number of hydrogen-bond acceptors (Lipinski definition) is 7. The molecule has 202 valence electrons. The summed E-state index contributed by atoms with van der Waals surface area (Å²) in [5.74, 6) is 3.96. The van der Waals surface area contributed by atoms with Gasteiger partial charge in [-0.2, -0.15) is 8.75 Å². The number of H-pyrrole nitrogens is 2. The molecule has 0 bridgehead atoms. The van der Waals surface area contributed by atoms with Gasteiger partial charge in [0.2, 0.25) is 0 Å². The molecule has 1 aliphatic rings. The summed E-state index contributed by atoms with van der Waals surface area (Å²) in [5.41, 5.74) is 8.10. The van der Waals surface area contributed by atoms with Gasteiger partial charge in [-0.05, 0) is 41.9 Å². The number of nitrogens with one attached hydrogen (secondary N) is 4. The number of aromatic amines is 2. The van der Waals surface area contributed by atoms with E-state index in [2.05, 4.69) is 110 Å². The first-order valence-corrected chi connectivity index (χ1v) is 14.5. The van der Waals surface area contributed by atoms with Crippen molar-refractivity contribution in [1.29, 1.82) is 0 Å². The molecule has 3 aromatic heterocycles. The van der Waals surface area contributed by atoms with Gasteiger partial charge in [0.15, 0.2) is 0 Å². The molecular formula is C30H36N8S. The van der Waals surface area contributed by atoms with E-state index < -0.39 is 0 Å². The Morgan fingerprint density at radius 2 is 1.36 bits per heavy atom. The molecule has 0 aliphatic heterocycles. The summed E-state index contributed by atoms with van der Waals surface area (Å²) in [6.07, 6.45) is 3.81. The zero-order chi connectivity index (χ0) is 27.1. The van der Waals surface area contributed by atoms with Crippen LogP contribution in [0.5, 0.6) is 0 Å². The zero-order valence-electron chi connectivity index (χ0n) is 23.1. The summed E-state index contributed by atoms with van der Waals surface area (Å²) >= 11 is 1.24. The summed E-state index contributed by atoms with van der Waals surface area (Å²) in [6.45, 7) is 12.7. The summed E-state index contributed by atoms with van der Waals surface area (Å²) in [6, 6.07) is 13.8. The number of aromatic nitrogens is 6. The predicted octanol–water partition coefficient (Wildman–Crippen LogP) is 6.02. The van der Waals surface area contributed by atoms with E-state index in [0.717, 1.165) is 74.7 Å². The summed E-state index contributed by atoms with van der Waals surface area (Å²) in [4.78, 5) is 16.1. The van der Waals surface area contributed by atoms with Gasteiger partial charge in [0.05, 0.1) is 48.6 Å². The Bertz CT molecular complexity index is 1560. The van der Waals surface area contributed by atoms with Gasteiger partial charge in [-0.1, -0.05) is 58.0 Å². The molecule has 9 heteroatoms. The SMILES string of the molecule is CC1C(NCc2ncc(-c3ccc(-c4ccc(-c5cnc(CN[C@H](C)C(C)C)[nH]5)c5nsnc45)cc3)[nH]2)[C@@H]1C. The van der Waals surface area contributed by atoms with Crippen LogP contribution in [-0.2, 0) is 13.1 Å². The quantitative estimate of drug-likeness (QED) is 0.173. The Kier molecular flexibility index (Phi) is 7.05. The molecule has 2 aromatic carbocycles. The van der Waals surface area contributed by atoms with Gasteiger partial charge in [-0.3, -0.25) is 0 Å². The van der Waals surface area contributed by atoms with Crippen molar-refractivity contribution < 1.29 is 0 Å². The Labute approximate surface area is 233 Å². The second-order valence-corrected chi connectivity index (χ2v) is 11.8. The van der Waals surface area contributed by atoms with Crippen molar-refractivity contribution >= 4 is 22.8 Å². The highest BCUT2D eigenvalue weighted by Gasteiger charge is 2.42. The molecule has 0 radical (unpaired) electrons. The molecule has 5 aromatic rings. The first-order chi connectivity index (χ1) is 18.9. The summed E-state index contributed by atoms with van der Waals surface area (Å²) < 4.78 is 9.31. The minimum Gasteiger partial charge on any atom is -0.341 e. The number of nitrogens with zero attached hydrogens (tertiary/aromatic N) is 4. The van der Waals surface area contributed by atoms with Gasteiger partial charge >= 0.3 is 0 Å². The molecule has 8 nitrogen and oxygen atoms in total. The smallest absolute Gasteiger partial charge is 0.120 e. The molecule has 39 heavy (non-hydrogen) atoms. The molecule has 6 rings (SSSR count). The number of imidazole rings is 2. The number of fused-ring (bicyclic) bond motifs is 1. The fraction of sp³-hybridized carbons (Fsp3) is 0.400. The first-order valence-electron chi connectivity index (χ1n) is 13.8. The zero-order valence-corrected chi connectivity index (χ0v) is 23.9. The molecule has 3 heterocycles. The van der Waals surface area contributed by atoms with E-state index in [1.807, 2.05) is 12.4 Å². The molecule has 0 spiro atoms. The van der Waals surface area contributed by atoms with Crippen LogP contribution in [0.25, 0.3) is 44.7 Å². The van der Waals surface area contributed by atoms with Crippen LogP contribution in [0.1, 0.15) is 46.3 Å². The van der Waals surface area contributed by atoms with Gasteiger partial charge in [0.25, 0.3) is 0 Å². The maximum atomic E-state index is 4.66. The lowest BCUT2D eigenvalue weighted by Crippen LogP contribution is -2.30. The van der Waals surface area contributed by atoms with Crippen molar-refractivity contribution in [1.82, 2.24) is 39.3 Å². The van der Waals surface area contributed by atoms with E-state index in [1.165, 1.54) is 11.7 Å². The molecule has 1 saturated carbocycles. The minimum absolute atomic E-state index is 0.422. The third-order valence-electron chi connectivity index (χ3n) is 8.39. The molecule has 1 fully saturated rings. The Hall–Kier alpha value is -3.40. The van der Waals surface area contributed by atoms with Crippen molar-refractivity contribution in [3.8, 4) is 33.6 Å². The molecular weight excluding hydrogens is 504 g/mol. The van der Waals surface area contributed by atoms with Crippen LogP contribution in [0.15, 0.2) is 48.8 Å².